The minimum absolute atomic E-state index is 0.456. The third kappa shape index (κ3) is 1.57. The van der Waals surface area contributed by atoms with E-state index in [1.165, 1.54) is 38.5 Å². The molecule has 3 atom stereocenters. The van der Waals surface area contributed by atoms with Gasteiger partial charge in [0.25, 0.3) is 0 Å². The van der Waals surface area contributed by atoms with E-state index in [4.69, 9.17) is 4.18 Å². The summed E-state index contributed by atoms with van der Waals surface area (Å²) in [5.41, 5.74) is 0. The molecule has 2 aliphatic rings. The van der Waals surface area contributed by atoms with Crippen molar-refractivity contribution in [3.05, 3.63) is 0 Å². The van der Waals surface area contributed by atoms with Crippen LogP contribution in [0, 0.1) is 11.8 Å². The molecule has 1 nitrogen and oxygen atoms in total. The zero-order valence-electron chi connectivity index (χ0n) is 6.83. The van der Waals surface area contributed by atoms with E-state index in [2.05, 4.69) is 12.9 Å². The van der Waals surface area contributed by atoms with E-state index >= 15 is 0 Å². The molecule has 0 radical (unpaired) electrons. The molecule has 64 valence electrons. The van der Waals surface area contributed by atoms with Crippen LogP contribution in [0.1, 0.15) is 38.5 Å². The second kappa shape index (κ2) is 3.36. The average molecular weight is 172 g/mol. The molecule has 0 aliphatic heterocycles. The predicted octanol–water partition coefficient (Wildman–Crippen LogP) is 2.82. The van der Waals surface area contributed by atoms with Gasteiger partial charge in [-0.05, 0) is 44.0 Å². The zero-order valence-corrected chi connectivity index (χ0v) is 7.72. The molecule has 0 bridgehead atoms. The van der Waals surface area contributed by atoms with E-state index in [0.717, 1.165) is 11.8 Å². The van der Waals surface area contributed by atoms with Crippen molar-refractivity contribution in [1.29, 1.82) is 0 Å². The summed E-state index contributed by atoms with van der Waals surface area (Å²) in [7, 11) is 0. The largest absolute Gasteiger partial charge is 0.315 e. The minimum Gasteiger partial charge on any atom is -0.315 e. The molecule has 2 fully saturated rings. The summed E-state index contributed by atoms with van der Waals surface area (Å²) in [6.45, 7) is 0. The Morgan fingerprint density at radius 3 is 2.64 bits per heavy atom. The average Bonchev–Trinajstić information content (AvgIpc) is 2.50. The highest BCUT2D eigenvalue weighted by molar-refractivity contribution is 7.75. The van der Waals surface area contributed by atoms with E-state index in [-0.39, 0.29) is 0 Å². The van der Waals surface area contributed by atoms with Gasteiger partial charge in [0.15, 0.2) is 0 Å². The number of hydrogen-bond donors (Lipinski definition) is 1. The summed E-state index contributed by atoms with van der Waals surface area (Å²) < 4.78 is 5.09. The lowest BCUT2D eigenvalue weighted by Crippen LogP contribution is -2.24. The van der Waals surface area contributed by atoms with Crippen LogP contribution in [0.4, 0.5) is 0 Å². The fraction of sp³-hybridized carbons (Fsp3) is 1.00. The molecule has 2 saturated carbocycles. The number of rotatable bonds is 1. The highest BCUT2D eigenvalue weighted by atomic mass is 32.1. The highest BCUT2D eigenvalue weighted by Crippen LogP contribution is 2.42. The van der Waals surface area contributed by atoms with Crippen LogP contribution in [0.2, 0.25) is 0 Å². The molecule has 3 unspecified atom stereocenters. The summed E-state index contributed by atoms with van der Waals surface area (Å²) >= 11 is 3.89. The van der Waals surface area contributed by atoms with Gasteiger partial charge >= 0.3 is 0 Å². The highest BCUT2D eigenvalue weighted by Gasteiger charge is 2.33. The van der Waals surface area contributed by atoms with Crippen LogP contribution in [-0.2, 0) is 4.18 Å². The van der Waals surface area contributed by atoms with Gasteiger partial charge in [-0.3, -0.25) is 0 Å². The first kappa shape index (κ1) is 7.93. The number of fused-ring (bicyclic) bond motifs is 1. The molecule has 2 aliphatic carbocycles. The van der Waals surface area contributed by atoms with Gasteiger partial charge in [0.2, 0.25) is 0 Å². The Morgan fingerprint density at radius 2 is 1.82 bits per heavy atom. The van der Waals surface area contributed by atoms with Crippen LogP contribution >= 0.6 is 12.9 Å². The lowest BCUT2D eigenvalue weighted by atomic mass is 9.80. The van der Waals surface area contributed by atoms with E-state index in [9.17, 15) is 0 Å². The molecule has 0 aromatic heterocycles. The second-order valence-corrected chi connectivity index (χ2v) is 4.20. The van der Waals surface area contributed by atoms with Gasteiger partial charge in [0.1, 0.15) is 0 Å². The van der Waals surface area contributed by atoms with Crippen molar-refractivity contribution in [2.45, 2.75) is 44.6 Å². The standard InChI is InChI=1S/C9H16OS/c11-10-9-5-4-7-2-1-3-8(7)6-9/h7-9,11H,1-6H2. The van der Waals surface area contributed by atoms with Gasteiger partial charge < -0.3 is 4.18 Å². The molecule has 2 heteroatoms. The molecule has 0 aromatic carbocycles. The molecule has 0 amide bonds. The Kier molecular flexibility index (Phi) is 2.42. The maximum Gasteiger partial charge on any atom is 0.0721 e. The molecule has 11 heavy (non-hydrogen) atoms. The third-order valence-electron chi connectivity index (χ3n) is 3.39. The molecule has 0 heterocycles. The zero-order chi connectivity index (χ0) is 7.68. The Morgan fingerprint density at radius 1 is 1.00 bits per heavy atom. The van der Waals surface area contributed by atoms with E-state index in [0.29, 0.717) is 6.10 Å². The Hall–Kier alpha value is 0.310. The van der Waals surface area contributed by atoms with Crippen molar-refractivity contribution in [1.82, 2.24) is 0 Å². The minimum atomic E-state index is 0.456. The summed E-state index contributed by atoms with van der Waals surface area (Å²) in [6.07, 6.45) is 8.73. The molecular weight excluding hydrogens is 156 g/mol. The van der Waals surface area contributed by atoms with Crippen molar-refractivity contribution < 1.29 is 4.18 Å². The first-order valence-electron chi connectivity index (χ1n) is 4.70. The Bertz CT molecular complexity index is 138. The summed E-state index contributed by atoms with van der Waals surface area (Å²) in [5, 5.41) is 0. The van der Waals surface area contributed by atoms with Crippen LogP contribution in [0.5, 0.6) is 0 Å². The third-order valence-corrected chi connectivity index (χ3v) is 3.69. The Balaban J connectivity index is 1.91. The van der Waals surface area contributed by atoms with Gasteiger partial charge in [-0.1, -0.05) is 19.3 Å². The van der Waals surface area contributed by atoms with Crippen LogP contribution < -0.4 is 0 Å². The fourth-order valence-electron chi connectivity index (χ4n) is 2.76. The van der Waals surface area contributed by atoms with E-state index < -0.39 is 0 Å². The quantitative estimate of drug-likeness (QED) is 0.472. The maximum atomic E-state index is 5.09. The van der Waals surface area contributed by atoms with Crippen molar-refractivity contribution in [2.75, 3.05) is 0 Å². The van der Waals surface area contributed by atoms with E-state index in [1.807, 2.05) is 0 Å². The lowest BCUT2D eigenvalue weighted by Gasteiger charge is -2.30. The van der Waals surface area contributed by atoms with Crippen molar-refractivity contribution in [2.24, 2.45) is 11.8 Å². The lowest BCUT2D eigenvalue weighted by molar-refractivity contribution is 0.122. The maximum absolute atomic E-state index is 5.09. The summed E-state index contributed by atoms with van der Waals surface area (Å²) in [5.74, 6) is 2.01. The number of thiol groups is 1. The molecular formula is C9H16OS. The van der Waals surface area contributed by atoms with Gasteiger partial charge in [-0.25, -0.2) is 0 Å². The van der Waals surface area contributed by atoms with Gasteiger partial charge in [-0.15, -0.1) is 0 Å². The SMILES string of the molecule is SOC1CCC2CCCC2C1. The first-order chi connectivity index (χ1) is 5.40. The first-order valence-corrected chi connectivity index (χ1v) is 5.07. The molecule has 0 N–H and O–H groups in total. The topological polar surface area (TPSA) is 9.23 Å². The smallest absolute Gasteiger partial charge is 0.0721 e. The van der Waals surface area contributed by atoms with Gasteiger partial charge in [0, 0.05) is 0 Å². The van der Waals surface area contributed by atoms with Crippen LogP contribution in [-0.4, -0.2) is 6.10 Å². The second-order valence-electron chi connectivity index (χ2n) is 3.99. The van der Waals surface area contributed by atoms with Gasteiger partial charge in [0.05, 0.1) is 6.10 Å². The number of hydrogen-bond acceptors (Lipinski definition) is 2. The molecule has 0 saturated heterocycles. The normalized spacial score (nSPS) is 43.9. The Labute approximate surface area is 74.1 Å². The van der Waals surface area contributed by atoms with Crippen molar-refractivity contribution >= 4 is 12.9 Å². The molecule has 2 rings (SSSR count). The fourth-order valence-corrected chi connectivity index (χ4v) is 2.95. The van der Waals surface area contributed by atoms with Crippen molar-refractivity contribution in [3.63, 3.8) is 0 Å². The summed E-state index contributed by atoms with van der Waals surface area (Å²) in [6, 6.07) is 0. The van der Waals surface area contributed by atoms with Gasteiger partial charge in [-0.2, -0.15) is 0 Å². The predicted molar refractivity (Wildman–Crippen MR) is 48.5 cm³/mol. The summed E-state index contributed by atoms with van der Waals surface area (Å²) in [4.78, 5) is 0. The molecule has 0 aromatic rings. The van der Waals surface area contributed by atoms with Crippen LogP contribution in [0.15, 0.2) is 0 Å². The molecule has 0 spiro atoms. The van der Waals surface area contributed by atoms with E-state index in [1.54, 1.807) is 0 Å². The van der Waals surface area contributed by atoms with Crippen molar-refractivity contribution in [3.8, 4) is 0 Å². The van der Waals surface area contributed by atoms with Crippen LogP contribution in [0.25, 0.3) is 0 Å². The monoisotopic (exact) mass is 172 g/mol. The van der Waals surface area contributed by atoms with Crippen LogP contribution in [0.3, 0.4) is 0 Å².